The first kappa shape index (κ1) is 13.4. The fourth-order valence-electron chi connectivity index (χ4n) is 1.74. The highest BCUT2D eigenvalue weighted by Crippen LogP contribution is 2.32. The van der Waals surface area contributed by atoms with Crippen molar-refractivity contribution in [3.8, 4) is 0 Å². The Morgan fingerprint density at radius 2 is 2.21 bits per heavy atom. The highest BCUT2D eigenvalue weighted by Gasteiger charge is 2.31. The molecule has 0 aliphatic carbocycles. The fourth-order valence-corrected chi connectivity index (χ4v) is 1.74. The van der Waals surface area contributed by atoms with E-state index in [1.54, 1.807) is 0 Å². The van der Waals surface area contributed by atoms with Crippen LogP contribution in [0.25, 0.3) is 0 Å². The smallest absolute Gasteiger partial charge is 0.416 e. The second-order valence-electron chi connectivity index (χ2n) is 4.04. The van der Waals surface area contributed by atoms with Crippen LogP contribution in [0.3, 0.4) is 0 Å². The molecular weight excluding hydrogens is 263 g/mol. The summed E-state index contributed by atoms with van der Waals surface area (Å²) in [6.45, 7) is 0.0594. The van der Waals surface area contributed by atoms with Crippen LogP contribution in [-0.4, -0.2) is 23.6 Å². The molecule has 1 atom stereocenters. The van der Waals surface area contributed by atoms with Crippen molar-refractivity contribution in [3.05, 3.63) is 35.4 Å². The van der Waals surface area contributed by atoms with Crippen LogP contribution < -0.4 is 0 Å². The molecule has 0 bridgehead atoms. The monoisotopic (exact) mass is 273 g/mol. The van der Waals surface area contributed by atoms with Gasteiger partial charge in [-0.25, -0.2) is 4.99 Å². The van der Waals surface area contributed by atoms with Gasteiger partial charge in [-0.3, -0.25) is 4.79 Å². The second kappa shape index (κ2) is 4.91. The molecule has 102 valence electrons. The molecule has 1 heterocycles. The number of hydrogen-bond donors (Lipinski definition) is 1. The van der Waals surface area contributed by atoms with Crippen LogP contribution in [0.4, 0.5) is 13.2 Å². The quantitative estimate of drug-likeness (QED) is 0.921. The van der Waals surface area contributed by atoms with Gasteiger partial charge in [0.25, 0.3) is 0 Å². The number of halogens is 3. The Hall–Kier alpha value is -2.05. The topological polar surface area (TPSA) is 58.9 Å². The molecule has 0 aromatic heterocycles. The lowest BCUT2D eigenvalue weighted by atomic mass is 10.0. The molecule has 0 fully saturated rings. The minimum absolute atomic E-state index is 0.0370. The van der Waals surface area contributed by atoms with E-state index in [0.717, 1.165) is 12.1 Å². The van der Waals surface area contributed by atoms with Gasteiger partial charge < -0.3 is 9.84 Å². The average molecular weight is 273 g/mol. The van der Waals surface area contributed by atoms with Gasteiger partial charge in [-0.05, 0) is 17.7 Å². The normalized spacial score (nSPS) is 18.9. The van der Waals surface area contributed by atoms with Crippen LogP contribution in [0.15, 0.2) is 29.3 Å². The molecule has 0 saturated heterocycles. The molecule has 1 N–H and O–H groups in total. The van der Waals surface area contributed by atoms with Gasteiger partial charge in [-0.15, -0.1) is 0 Å². The van der Waals surface area contributed by atoms with Gasteiger partial charge in [-0.2, -0.15) is 13.2 Å². The molecular formula is C12H10F3NO3. The number of nitrogens with zero attached hydrogens (tertiary/aromatic N) is 1. The van der Waals surface area contributed by atoms with E-state index in [-0.39, 0.29) is 18.9 Å². The van der Waals surface area contributed by atoms with Crippen LogP contribution in [0.1, 0.15) is 23.6 Å². The van der Waals surface area contributed by atoms with Gasteiger partial charge in [0.2, 0.25) is 0 Å². The Labute approximate surface area is 106 Å². The van der Waals surface area contributed by atoms with Gasteiger partial charge in [0.15, 0.2) is 5.90 Å². The molecule has 4 nitrogen and oxygen atoms in total. The SMILES string of the molecule is O=C(O)CC1=NC(c2cccc(C(F)(F)F)c2)CO1. The third-order valence-corrected chi connectivity index (χ3v) is 2.61. The van der Waals surface area contributed by atoms with E-state index in [1.165, 1.54) is 12.1 Å². The third kappa shape index (κ3) is 3.24. The first-order valence-corrected chi connectivity index (χ1v) is 5.44. The zero-order valence-electron chi connectivity index (χ0n) is 9.65. The van der Waals surface area contributed by atoms with Crippen molar-refractivity contribution >= 4 is 11.9 Å². The van der Waals surface area contributed by atoms with E-state index < -0.39 is 23.8 Å². The Bertz CT molecular complexity index is 525. The van der Waals surface area contributed by atoms with Crippen LogP contribution >= 0.6 is 0 Å². The van der Waals surface area contributed by atoms with Crippen molar-refractivity contribution < 1.29 is 27.8 Å². The number of aliphatic carboxylic acids is 1. The molecule has 7 heteroatoms. The summed E-state index contributed by atoms with van der Waals surface area (Å²) in [5.41, 5.74) is -0.401. The number of carbonyl (C=O) groups is 1. The van der Waals surface area contributed by atoms with Crippen LogP contribution in [0.2, 0.25) is 0 Å². The number of benzene rings is 1. The number of carboxylic acid groups (broad SMARTS) is 1. The maximum atomic E-state index is 12.6. The predicted octanol–water partition coefficient (Wildman–Crippen LogP) is 2.65. The summed E-state index contributed by atoms with van der Waals surface area (Å²) in [6.07, 6.45) is -4.78. The summed E-state index contributed by atoms with van der Waals surface area (Å²) in [5, 5.41) is 8.57. The highest BCUT2D eigenvalue weighted by molar-refractivity contribution is 5.94. The zero-order valence-corrected chi connectivity index (χ0v) is 9.65. The summed E-state index contributed by atoms with van der Waals surface area (Å²) >= 11 is 0. The second-order valence-corrected chi connectivity index (χ2v) is 4.04. The lowest BCUT2D eigenvalue weighted by Crippen LogP contribution is -2.07. The van der Waals surface area contributed by atoms with Crippen molar-refractivity contribution in [2.45, 2.75) is 18.6 Å². The van der Waals surface area contributed by atoms with Crippen LogP contribution in [0, 0.1) is 0 Å². The lowest BCUT2D eigenvalue weighted by Gasteiger charge is -2.10. The summed E-state index contributed by atoms with van der Waals surface area (Å²) in [4.78, 5) is 14.4. The van der Waals surface area contributed by atoms with Crippen molar-refractivity contribution in [2.75, 3.05) is 6.61 Å². The van der Waals surface area contributed by atoms with Crippen molar-refractivity contribution in [1.29, 1.82) is 0 Å². The number of ether oxygens (including phenoxy) is 1. The van der Waals surface area contributed by atoms with Crippen LogP contribution in [-0.2, 0) is 15.7 Å². The van der Waals surface area contributed by atoms with E-state index in [1.807, 2.05) is 0 Å². The van der Waals surface area contributed by atoms with Gasteiger partial charge >= 0.3 is 12.1 Å². The number of carboxylic acids is 1. The number of aliphatic imine (C=N–C) groups is 1. The minimum Gasteiger partial charge on any atom is -0.481 e. The molecule has 0 amide bonds. The molecule has 2 rings (SSSR count). The summed E-state index contributed by atoms with van der Waals surface area (Å²) < 4.78 is 42.7. The predicted molar refractivity (Wildman–Crippen MR) is 59.8 cm³/mol. The average Bonchev–Trinajstić information content (AvgIpc) is 2.76. The Balaban J connectivity index is 2.20. The molecule has 19 heavy (non-hydrogen) atoms. The van der Waals surface area contributed by atoms with Crippen molar-refractivity contribution in [2.24, 2.45) is 4.99 Å². The first-order valence-electron chi connectivity index (χ1n) is 5.44. The Morgan fingerprint density at radius 3 is 2.84 bits per heavy atom. The van der Waals surface area contributed by atoms with Gasteiger partial charge in [0.1, 0.15) is 19.1 Å². The van der Waals surface area contributed by atoms with Crippen molar-refractivity contribution in [3.63, 3.8) is 0 Å². The number of rotatable bonds is 3. The van der Waals surface area contributed by atoms with Gasteiger partial charge in [-0.1, -0.05) is 12.1 Å². The van der Waals surface area contributed by atoms with Crippen LogP contribution in [0.5, 0.6) is 0 Å². The largest absolute Gasteiger partial charge is 0.481 e. The molecule has 0 saturated carbocycles. The maximum absolute atomic E-state index is 12.6. The molecule has 1 aliphatic heterocycles. The molecule has 1 aliphatic rings. The number of hydrogen-bond acceptors (Lipinski definition) is 3. The molecule has 1 aromatic rings. The Kier molecular flexibility index (Phi) is 3.46. The van der Waals surface area contributed by atoms with E-state index in [9.17, 15) is 18.0 Å². The zero-order chi connectivity index (χ0) is 14.0. The highest BCUT2D eigenvalue weighted by atomic mass is 19.4. The first-order chi connectivity index (χ1) is 8.86. The lowest BCUT2D eigenvalue weighted by molar-refractivity contribution is -0.138. The number of alkyl halides is 3. The van der Waals surface area contributed by atoms with E-state index in [4.69, 9.17) is 9.84 Å². The van der Waals surface area contributed by atoms with Gasteiger partial charge in [0.05, 0.1) is 5.56 Å². The van der Waals surface area contributed by atoms with Gasteiger partial charge in [0, 0.05) is 0 Å². The maximum Gasteiger partial charge on any atom is 0.416 e. The summed E-state index contributed by atoms with van der Waals surface area (Å²) in [6, 6.07) is 4.19. The molecule has 0 spiro atoms. The molecule has 1 unspecified atom stereocenters. The van der Waals surface area contributed by atoms with E-state index in [0.29, 0.717) is 5.56 Å². The Morgan fingerprint density at radius 1 is 1.47 bits per heavy atom. The van der Waals surface area contributed by atoms with E-state index >= 15 is 0 Å². The molecule has 1 aromatic carbocycles. The summed E-state index contributed by atoms with van der Waals surface area (Å²) in [7, 11) is 0. The molecule has 0 radical (unpaired) electrons. The third-order valence-electron chi connectivity index (χ3n) is 2.61. The van der Waals surface area contributed by atoms with Crippen molar-refractivity contribution in [1.82, 2.24) is 0 Å². The summed E-state index contributed by atoms with van der Waals surface area (Å²) in [5.74, 6) is -1.06. The standard InChI is InChI=1S/C12H10F3NO3/c13-12(14,15)8-3-1-2-7(4-8)9-6-19-10(16-9)5-11(17)18/h1-4,9H,5-6H2,(H,17,18). The van der Waals surface area contributed by atoms with E-state index in [2.05, 4.69) is 4.99 Å². The minimum atomic E-state index is -4.41. The fraction of sp³-hybridized carbons (Fsp3) is 0.333.